The molecule has 16 heteroatoms. The molecular weight excluding hydrogens is 828 g/mol. The van der Waals surface area contributed by atoms with Crippen LogP contribution >= 0.6 is 11.8 Å². The molecular formula is C43H66CuN4O10S. The zero-order valence-corrected chi connectivity index (χ0v) is 39.0. The van der Waals surface area contributed by atoms with Gasteiger partial charge in [0.2, 0.25) is 5.12 Å². The molecule has 4 amide bonds. The summed E-state index contributed by atoms with van der Waals surface area (Å²) in [6.07, 6.45) is 0.154. The number of alkyl carbamates (subject to hydrolysis) is 2. The van der Waals surface area contributed by atoms with Gasteiger partial charge in [-0.3, -0.25) is 20.2 Å². The first-order chi connectivity index (χ1) is 27.1. The van der Waals surface area contributed by atoms with Crippen LogP contribution in [0.2, 0.25) is 0 Å². The molecule has 2 aromatic rings. The number of amides is 4. The van der Waals surface area contributed by atoms with Crippen molar-refractivity contribution in [1.29, 1.82) is 0.954 Å². The summed E-state index contributed by atoms with van der Waals surface area (Å²) in [7, 11) is 0. The first-order valence-corrected chi connectivity index (χ1v) is 19.7. The van der Waals surface area contributed by atoms with E-state index in [4.69, 9.17) is 19.9 Å². The third kappa shape index (κ3) is 33.0. The maximum Gasteiger partial charge on any atom is -0.358 e. The number of carbonyl (C=O) groups is 6. The Morgan fingerprint density at radius 3 is 1.24 bits per heavy atom. The van der Waals surface area contributed by atoms with Crippen LogP contribution in [0.1, 0.15) is 136 Å². The maximum absolute atomic E-state index is 12.3. The number of aliphatic imine (C=N–C) groups is 2. The van der Waals surface area contributed by atoms with Crippen molar-refractivity contribution in [3.63, 3.8) is 0 Å². The minimum atomic E-state index is -0.847. The van der Waals surface area contributed by atoms with Crippen LogP contribution in [0, 0.1) is 7.43 Å². The number of ketones is 1. The molecule has 335 valence electrons. The topological polar surface area (TPSA) is 188 Å². The van der Waals surface area contributed by atoms with Crippen molar-refractivity contribution in [3.05, 3.63) is 79.2 Å². The van der Waals surface area contributed by atoms with Gasteiger partial charge >= 0.3 is 42.3 Å². The number of ether oxygens (including phenoxy) is 4. The molecule has 2 aromatic carbocycles. The molecule has 2 rings (SSSR count). The zero-order chi connectivity index (χ0) is 46.0. The van der Waals surface area contributed by atoms with Crippen molar-refractivity contribution in [2.75, 3.05) is 6.26 Å². The molecule has 0 fully saturated rings. The van der Waals surface area contributed by atoms with Gasteiger partial charge in [0.25, 0.3) is 0 Å². The number of benzene rings is 2. The molecule has 0 aliphatic heterocycles. The summed E-state index contributed by atoms with van der Waals surface area (Å²) < 4.78 is 25.8. The molecule has 0 atom stereocenters. The first kappa shape index (κ1) is 56.6. The largest absolute Gasteiger partial charge is 0.358 e. The molecule has 14 nitrogen and oxygen atoms in total. The van der Waals surface area contributed by atoms with Crippen LogP contribution in [0.25, 0.3) is 0 Å². The maximum atomic E-state index is 12.3. The summed E-state index contributed by atoms with van der Waals surface area (Å²) in [6.45, 7) is 22.7. The van der Waals surface area contributed by atoms with Crippen LogP contribution in [0.4, 0.5) is 19.2 Å². The van der Waals surface area contributed by atoms with Gasteiger partial charge in [0, 0.05) is 30.4 Å². The van der Waals surface area contributed by atoms with Crippen molar-refractivity contribution >= 4 is 58.7 Å². The third-order valence-corrected chi connectivity index (χ3v) is 6.50. The van der Waals surface area contributed by atoms with E-state index in [0.29, 0.717) is 12.0 Å². The number of hydrogen-bond acceptors (Lipinski definition) is 11. The zero-order valence-electron chi connectivity index (χ0n) is 38.3. The van der Waals surface area contributed by atoms with Crippen molar-refractivity contribution in [2.24, 2.45) is 9.98 Å². The average molecular weight is 897 g/mol. The smallest absolute Gasteiger partial charge is 0.358 e. The number of rotatable bonds is 7. The minimum absolute atomic E-state index is 0. The number of amidine groups is 2. The van der Waals surface area contributed by atoms with E-state index in [0.717, 1.165) is 12.0 Å². The van der Waals surface area contributed by atoms with Gasteiger partial charge < -0.3 is 26.4 Å². The van der Waals surface area contributed by atoms with Gasteiger partial charge in [-0.05, 0) is 95.8 Å². The Labute approximate surface area is 367 Å². The van der Waals surface area contributed by atoms with Crippen molar-refractivity contribution in [2.45, 2.75) is 138 Å². The van der Waals surface area contributed by atoms with E-state index in [1.807, 2.05) is 43.3 Å². The van der Waals surface area contributed by atoms with Crippen molar-refractivity contribution in [1.82, 2.24) is 10.6 Å². The average Bonchev–Trinajstić information content (AvgIpc) is 3.09. The molecule has 0 heterocycles. The van der Waals surface area contributed by atoms with E-state index in [9.17, 15) is 28.8 Å². The molecule has 0 aliphatic rings. The second kappa shape index (κ2) is 28.0. The van der Waals surface area contributed by atoms with Gasteiger partial charge in [0.1, 0.15) is 34.1 Å². The minimum Gasteiger partial charge on any atom is -0.358 e. The van der Waals surface area contributed by atoms with Crippen LogP contribution in [0.5, 0.6) is 0 Å². The molecule has 2 N–H and O–H groups in total. The summed E-state index contributed by atoms with van der Waals surface area (Å²) in [4.78, 5) is 78.0. The Kier molecular flexibility index (Phi) is 26.9. The summed E-state index contributed by atoms with van der Waals surface area (Å²) in [5, 5.41) is 5.04. The predicted molar refractivity (Wildman–Crippen MR) is 233 cm³/mol. The van der Waals surface area contributed by atoms with E-state index in [1.165, 1.54) is 11.8 Å². The standard InChI is InChI=1S/C20H28N2O5.C14H26N2O4.C8H8OS.CH3.Cu.H/c1-19(2,3)26-17(24)21-16(22-18(25)27-20(4,5)6)13-12-15(23)14-10-8-7-9-11-14;1-8-9-10(15-11(17)19-13(2,3)4)16-12(18)20-14(5,6)7;1-10-8(9)7-5-3-2-4-6-7;;;/h7-11H,12-13H2,1-6H3,(H,21,22,24,25);8-9H2,1-7H3,(H,15,16,17,18);2-6H,1H3;1H3;;/q;;;-1;+1;/i;;;;;1+2. The fourth-order valence-electron chi connectivity index (χ4n) is 3.85. The van der Waals surface area contributed by atoms with Crippen LogP contribution in [-0.2, 0) is 35.9 Å². The van der Waals surface area contributed by atoms with Gasteiger partial charge in [-0.15, -0.1) is 0 Å². The number of nitrogens with one attached hydrogen (secondary N) is 2. The molecule has 0 saturated carbocycles. The second-order valence-corrected chi connectivity index (χ2v) is 17.0. The predicted octanol–water partition coefficient (Wildman–Crippen LogP) is 10.5. The van der Waals surface area contributed by atoms with E-state index in [1.54, 1.807) is 114 Å². The molecule has 0 unspecified atom stereocenters. The van der Waals surface area contributed by atoms with E-state index >= 15 is 0 Å². The number of hydrogen-bond donors (Lipinski definition) is 2. The van der Waals surface area contributed by atoms with Crippen LogP contribution in [0.3, 0.4) is 0 Å². The second-order valence-electron chi connectivity index (χ2n) is 16.2. The van der Waals surface area contributed by atoms with Gasteiger partial charge in [-0.2, -0.15) is 9.98 Å². The first-order valence-electron chi connectivity index (χ1n) is 18.8. The van der Waals surface area contributed by atoms with Gasteiger partial charge in [-0.1, -0.05) is 79.3 Å². The fourth-order valence-corrected chi connectivity index (χ4v) is 4.23. The van der Waals surface area contributed by atoms with Gasteiger partial charge in [-0.25, -0.2) is 19.2 Å². The van der Waals surface area contributed by atoms with Crippen LogP contribution in [-0.4, -0.2) is 76.6 Å². The molecule has 0 bridgehead atoms. The van der Waals surface area contributed by atoms with Crippen LogP contribution < -0.4 is 10.6 Å². The molecule has 0 aromatic heterocycles. The SMILES string of the molecule is CC(C)(C)OC(=O)N=C(CCC(=O)c1ccccc1)NC(=O)OC(C)(C)C.CCCC(=NC(=O)OC(C)(C)C)NC(=O)OC(C)(C)C.CSC(=O)c1ccccc1.[3H][Cu+].[CH3-]. The normalized spacial score (nSPS) is 11.7. The Morgan fingerprint density at radius 1 is 0.576 bits per heavy atom. The third-order valence-electron chi connectivity index (χ3n) is 5.90. The number of Topliss-reactive ketones (excluding diaryl/α,β-unsaturated/α-hetero) is 1. The van der Waals surface area contributed by atoms with E-state index in [2.05, 4.69) is 37.6 Å². The Balaban J connectivity index is -0.000000861. The Hall–Kier alpha value is -4.53. The fraction of sp³-hybridized carbons (Fsp3) is 0.512. The summed E-state index contributed by atoms with van der Waals surface area (Å²) in [6, 6.07) is 18.0. The number of thioether (sulfide) groups is 1. The van der Waals surface area contributed by atoms with E-state index < -0.39 is 46.8 Å². The van der Waals surface area contributed by atoms with Gasteiger partial charge in [0.05, 0.1) is 0 Å². The molecule has 0 saturated heterocycles. The summed E-state index contributed by atoms with van der Waals surface area (Å²) >= 11 is 4.68. The number of nitrogens with zero attached hydrogens (tertiary/aromatic N) is 2. The molecule has 59 heavy (non-hydrogen) atoms. The summed E-state index contributed by atoms with van der Waals surface area (Å²) in [5.41, 5.74) is -1.34. The van der Waals surface area contributed by atoms with Gasteiger partial charge in [0.15, 0.2) is 5.78 Å². The van der Waals surface area contributed by atoms with E-state index in [-0.39, 0.29) is 42.8 Å². The van der Waals surface area contributed by atoms with Crippen molar-refractivity contribution in [3.8, 4) is 0 Å². The monoisotopic (exact) mass is 895 g/mol. The summed E-state index contributed by atoms with van der Waals surface area (Å²) in [5.74, 6) is 0.136. The molecule has 0 aliphatic carbocycles. The van der Waals surface area contributed by atoms with Crippen LogP contribution in [0.15, 0.2) is 70.6 Å². The van der Waals surface area contributed by atoms with Crippen molar-refractivity contribution < 1.29 is 64.6 Å². The Bertz CT molecular complexity index is 1680. The number of carbonyl (C=O) groups excluding carboxylic acids is 6. The quantitative estimate of drug-likeness (QED) is 0.0672. The molecule has 0 spiro atoms. The molecule has 0 radical (unpaired) electrons. The Morgan fingerprint density at radius 2 is 0.915 bits per heavy atom.